The Kier molecular flexibility index (Phi) is 2.69. The van der Waals surface area contributed by atoms with E-state index in [1.54, 1.807) is 0 Å². The third kappa shape index (κ3) is 1.99. The molecule has 0 amide bonds. The molecule has 0 saturated carbocycles. The number of hydrogen-bond acceptors (Lipinski definition) is 1. The molecule has 2 N–H and O–H groups in total. The summed E-state index contributed by atoms with van der Waals surface area (Å²) in [6, 6.07) is 0. The maximum absolute atomic E-state index is 5.53. The van der Waals surface area contributed by atoms with Gasteiger partial charge < -0.3 is 5.73 Å². The summed E-state index contributed by atoms with van der Waals surface area (Å²) >= 11 is 0. The minimum absolute atomic E-state index is 0.678. The van der Waals surface area contributed by atoms with Crippen molar-refractivity contribution in [2.24, 2.45) is 11.7 Å². The first-order valence-electron chi connectivity index (χ1n) is 3.87. The van der Waals surface area contributed by atoms with Crippen LogP contribution in [0.1, 0.15) is 19.8 Å². The molecule has 0 aliphatic heterocycles. The van der Waals surface area contributed by atoms with Gasteiger partial charge in [0, 0.05) is 6.54 Å². The Hall–Kier alpha value is -0.560. The van der Waals surface area contributed by atoms with Crippen LogP contribution in [0, 0.1) is 5.92 Å². The zero-order valence-electron chi connectivity index (χ0n) is 6.51. The van der Waals surface area contributed by atoms with Crippen molar-refractivity contribution in [1.29, 1.82) is 0 Å². The van der Waals surface area contributed by atoms with Crippen molar-refractivity contribution >= 4 is 0 Å². The van der Waals surface area contributed by atoms with E-state index in [-0.39, 0.29) is 0 Å². The molecule has 0 saturated heterocycles. The fourth-order valence-electron chi connectivity index (χ4n) is 1.24. The SMILES string of the molecule is CC1C=C(CN)CC=CC1. The Labute approximate surface area is 62.6 Å². The highest BCUT2D eigenvalue weighted by Crippen LogP contribution is 2.14. The van der Waals surface area contributed by atoms with Crippen molar-refractivity contribution < 1.29 is 0 Å². The quantitative estimate of drug-likeness (QED) is 0.548. The lowest BCUT2D eigenvalue weighted by Gasteiger charge is -2.01. The van der Waals surface area contributed by atoms with Crippen LogP contribution in [0.3, 0.4) is 0 Å². The first kappa shape index (κ1) is 7.55. The van der Waals surface area contributed by atoms with Gasteiger partial charge in [0.1, 0.15) is 0 Å². The fraction of sp³-hybridized carbons (Fsp3) is 0.556. The Morgan fingerprint density at radius 1 is 1.60 bits per heavy atom. The van der Waals surface area contributed by atoms with E-state index in [4.69, 9.17) is 5.73 Å². The van der Waals surface area contributed by atoms with Crippen molar-refractivity contribution in [2.75, 3.05) is 6.54 Å². The molecule has 1 atom stereocenters. The number of rotatable bonds is 1. The lowest BCUT2D eigenvalue weighted by Crippen LogP contribution is -2.03. The van der Waals surface area contributed by atoms with E-state index in [0.717, 1.165) is 6.42 Å². The molecule has 1 aliphatic rings. The molecular weight excluding hydrogens is 122 g/mol. The number of hydrogen-bond donors (Lipinski definition) is 1. The van der Waals surface area contributed by atoms with Crippen molar-refractivity contribution in [3.8, 4) is 0 Å². The molecular formula is C9H15N. The Bertz CT molecular complexity index is 156. The molecule has 1 rings (SSSR count). The van der Waals surface area contributed by atoms with E-state index >= 15 is 0 Å². The molecule has 10 heavy (non-hydrogen) atoms. The van der Waals surface area contributed by atoms with Crippen LogP contribution in [0.5, 0.6) is 0 Å². The second kappa shape index (κ2) is 3.57. The highest BCUT2D eigenvalue weighted by Gasteiger charge is 2.01. The van der Waals surface area contributed by atoms with E-state index in [1.165, 1.54) is 12.0 Å². The second-order valence-electron chi connectivity index (χ2n) is 2.92. The zero-order valence-corrected chi connectivity index (χ0v) is 6.51. The highest BCUT2D eigenvalue weighted by atomic mass is 14.5. The van der Waals surface area contributed by atoms with Crippen LogP contribution < -0.4 is 5.73 Å². The van der Waals surface area contributed by atoms with Crippen LogP contribution in [0.4, 0.5) is 0 Å². The standard InChI is InChI=1S/C9H15N/c1-8-4-2-3-5-9(6-8)7-10/h2-3,6,8H,4-5,7,10H2,1H3. The average molecular weight is 137 g/mol. The molecule has 1 nitrogen and oxygen atoms in total. The summed E-state index contributed by atoms with van der Waals surface area (Å²) in [6.07, 6.45) is 8.97. The van der Waals surface area contributed by atoms with Gasteiger partial charge in [-0.25, -0.2) is 0 Å². The van der Waals surface area contributed by atoms with E-state index in [1.807, 2.05) is 0 Å². The predicted molar refractivity (Wildman–Crippen MR) is 44.7 cm³/mol. The van der Waals surface area contributed by atoms with Crippen LogP contribution in [0.15, 0.2) is 23.8 Å². The molecule has 0 aromatic rings. The second-order valence-corrected chi connectivity index (χ2v) is 2.92. The predicted octanol–water partition coefficient (Wildman–Crippen LogP) is 1.86. The first-order valence-corrected chi connectivity index (χ1v) is 3.87. The van der Waals surface area contributed by atoms with E-state index in [0.29, 0.717) is 12.5 Å². The van der Waals surface area contributed by atoms with Gasteiger partial charge in [0.15, 0.2) is 0 Å². The molecule has 1 heteroatoms. The first-order chi connectivity index (χ1) is 4.83. The average Bonchev–Trinajstić information content (AvgIpc) is 2.13. The molecule has 0 aromatic carbocycles. The van der Waals surface area contributed by atoms with Crippen LogP contribution in [-0.4, -0.2) is 6.54 Å². The van der Waals surface area contributed by atoms with Gasteiger partial charge in [-0.2, -0.15) is 0 Å². The Balaban J connectivity index is 2.61. The van der Waals surface area contributed by atoms with Gasteiger partial charge in [0.25, 0.3) is 0 Å². The molecule has 0 bridgehead atoms. The maximum atomic E-state index is 5.53. The number of allylic oxidation sites excluding steroid dienone is 3. The molecule has 0 aromatic heterocycles. The van der Waals surface area contributed by atoms with Crippen LogP contribution in [-0.2, 0) is 0 Å². The van der Waals surface area contributed by atoms with Gasteiger partial charge in [-0.15, -0.1) is 0 Å². The van der Waals surface area contributed by atoms with Gasteiger partial charge in [0.2, 0.25) is 0 Å². The van der Waals surface area contributed by atoms with E-state index < -0.39 is 0 Å². The summed E-state index contributed by atoms with van der Waals surface area (Å²) < 4.78 is 0. The van der Waals surface area contributed by atoms with Crippen molar-refractivity contribution in [2.45, 2.75) is 19.8 Å². The summed E-state index contributed by atoms with van der Waals surface area (Å²) in [5.74, 6) is 0.678. The molecule has 56 valence electrons. The zero-order chi connectivity index (χ0) is 7.40. The lowest BCUT2D eigenvalue weighted by atomic mass is 10.1. The van der Waals surface area contributed by atoms with Gasteiger partial charge in [-0.3, -0.25) is 0 Å². The van der Waals surface area contributed by atoms with E-state index in [2.05, 4.69) is 25.2 Å². The minimum atomic E-state index is 0.678. The van der Waals surface area contributed by atoms with Crippen LogP contribution >= 0.6 is 0 Å². The monoisotopic (exact) mass is 137 g/mol. The molecule has 0 spiro atoms. The van der Waals surface area contributed by atoms with E-state index in [9.17, 15) is 0 Å². The van der Waals surface area contributed by atoms with Crippen molar-refractivity contribution in [1.82, 2.24) is 0 Å². The van der Waals surface area contributed by atoms with Gasteiger partial charge >= 0.3 is 0 Å². The molecule has 1 aliphatic carbocycles. The van der Waals surface area contributed by atoms with Gasteiger partial charge in [0.05, 0.1) is 0 Å². The largest absolute Gasteiger partial charge is 0.327 e. The van der Waals surface area contributed by atoms with Crippen molar-refractivity contribution in [3.05, 3.63) is 23.8 Å². The summed E-state index contributed by atoms with van der Waals surface area (Å²) in [4.78, 5) is 0. The van der Waals surface area contributed by atoms with Gasteiger partial charge in [-0.1, -0.05) is 30.7 Å². The topological polar surface area (TPSA) is 26.0 Å². The maximum Gasteiger partial charge on any atom is 0.0140 e. The van der Waals surface area contributed by atoms with Crippen LogP contribution in [0.25, 0.3) is 0 Å². The molecule has 0 heterocycles. The summed E-state index contributed by atoms with van der Waals surface area (Å²) in [5, 5.41) is 0. The minimum Gasteiger partial charge on any atom is -0.327 e. The third-order valence-electron chi connectivity index (χ3n) is 1.84. The Morgan fingerprint density at radius 3 is 3.10 bits per heavy atom. The summed E-state index contributed by atoms with van der Waals surface area (Å²) in [5.41, 5.74) is 6.91. The number of nitrogens with two attached hydrogens (primary N) is 1. The smallest absolute Gasteiger partial charge is 0.0140 e. The Morgan fingerprint density at radius 2 is 2.40 bits per heavy atom. The molecule has 0 radical (unpaired) electrons. The fourth-order valence-corrected chi connectivity index (χ4v) is 1.24. The third-order valence-corrected chi connectivity index (χ3v) is 1.84. The molecule has 1 unspecified atom stereocenters. The lowest BCUT2D eigenvalue weighted by molar-refractivity contribution is 0.740. The summed E-state index contributed by atoms with van der Waals surface area (Å²) in [7, 11) is 0. The summed E-state index contributed by atoms with van der Waals surface area (Å²) in [6.45, 7) is 2.94. The molecule has 0 fully saturated rings. The van der Waals surface area contributed by atoms with Gasteiger partial charge in [-0.05, 0) is 18.8 Å². The van der Waals surface area contributed by atoms with Crippen LogP contribution in [0.2, 0.25) is 0 Å². The van der Waals surface area contributed by atoms with Crippen molar-refractivity contribution in [3.63, 3.8) is 0 Å². The highest BCUT2D eigenvalue weighted by molar-refractivity contribution is 5.13. The normalized spacial score (nSPS) is 25.8.